The second-order valence-corrected chi connectivity index (χ2v) is 6.51. The maximum atomic E-state index is 4.40. The van der Waals surface area contributed by atoms with E-state index >= 15 is 0 Å². The molecule has 0 aliphatic heterocycles. The monoisotopic (exact) mass is 282 g/mol. The lowest BCUT2D eigenvalue weighted by Gasteiger charge is -2.16. The smallest absolute Gasteiger partial charge is 0.0722 e. The highest BCUT2D eigenvalue weighted by Crippen LogP contribution is 2.23. The average Bonchev–Trinajstić information content (AvgIpc) is 2.84. The molecule has 1 N–H and O–H groups in total. The molecule has 102 valence electrons. The third kappa shape index (κ3) is 2.83. The number of nitrogens with one attached hydrogen (secondary N) is 1. The van der Waals surface area contributed by atoms with Crippen LogP contribution >= 0.6 is 11.3 Å². The van der Waals surface area contributed by atoms with Gasteiger partial charge in [0.2, 0.25) is 0 Å². The van der Waals surface area contributed by atoms with E-state index < -0.39 is 0 Å². The van der Waals surface area contributed by atoms with E-state index in [1.165, 1.54) is 15.1 Å². The first kappa shape index (κ1) is 13.1. The number of aromatic nitrogens is 1. The minimum absolute atomic E-state index is 0.402. The van der Waals surface area contributed by atoms with Crippen molar-refractivity contribution in [2.75, 3.05) is 5.32 Å². The van der Waals surface area contributed by atoms with Crippen molar-refractivity contribution in [3.63, 3.8) is 0 Å². The Kier molecular flexibility index (Phi) is 3.70. The lowest BCUT2D eigenvalue weighted by Crippen LogP contribution is -2.17. The van der Waals surface area contributed by atoms with E-state index in [1.807, 2.05) is 29.7 Å². The zero-order valence-electron chi connectivity index (χ0n) is 11.8. The van der Waals surface area contributed by atoms with E-state index in [0.717, 1.165) is 17.6 Å². The molecule has 0 saturated heterocycles. The van der Waals surface area contributed by atoms with Crippen LogP contribution in [0.3, 0.4) is 0 Å². The van der Waals surface area contributed by atoms with Gasteiger partial charge < -0.3 is 5.32 Å². The minimum Gasteiger partial charge on any atom is -0.382 e. The molecule has 0 spiro atoms. The van der Waals surface area contributed by atoms with Crippen molar-refractivity contribution in [1.82, 2.24) is 4.98 Å². The van der Waals surface area contributed by atoms with E-state index in [1.54, 1.807) is 0 Å². The van der Waals surface area contributed by atoms with Crippen molar-refractivity contribution in [3.05, 3.63) is 58.4 Å². The predicted octanol–water partition coefficient (Wildman–Crippen LogP) is 4.65. The summed E-state index contributed by atoms with van der Waals surface area (Å²) in [5.74, 6) is 0. The van der Waals surface area contributed by atoms with Gasteiger partial charge >= 0.3 is 0 Å². The molecule has 2 nitrogen and oxygen atoms in total. The topological polar surface area (TPSA) is 24.9 Å². The first-order valence-corrected chi connectivity index (χ1v) is 7.69. The Hall–Kier alpha value is -1.87. The fourth-order valence-corrected chi connectivity index (χ4v) is 3.45. The van der Waals surface area contributed by atoms with Crippen molar-refractivity contribution in [2.24, 2.45) is 0 Å². The highest BCUT2D eigenvalue weighted by molar-refractivity contribution is 7.11. The Bertz CT molecular complexity index is 712. The summed E-state index contributed by atoms with van der Waals surface area (Å²) in [6.45, 7) is 4.38. The number of pyridine rings is 1. The molecular weight excluding hydrogens is 264 g/mol. The van der Waals surface area contributed by atoms with E-state index in [9.17, 15) is 0 Å². The molecule has 3 heteroatoms. The zero-order chi connectivity index (χ0) is 13.9. The molecule has 0 bridgehead atoms. The molecular formula is C17H18N2S. The first-order chi connectivity index (χ1) is 9.72. The molecule has 2 aromatic heterocycles. The van der Waals surface area contributed by atoms with Crippen molar-refractivity contribution >= 4 is 27.9 Å². The maximum absolute atomic E-state index is 4.40. The van der Waals surface area contributed by atoms with Crippen LogP contribution in [0.5, 0.6) is 0 Å². The maximum Gasteiger partial charge on any atom is 0.0722 e. The Morgan fingerprint density at radius 1 is 1.15 bits per heavy atom. The number of nitrogens with zero attached hydrogens (tertiary/aromatic N) is 1. The lowest BCUT2D eigenvalue weighted by molar-refractivity contribution is 0.802. The van der Waals surface area contributed by atoms with Gasteiger partial charge in [0.1, 0.15) is 0 Å². The van der Waals surface area contributed by atoms with Crippen LogP contribution in [0, 0.1) is 6.92 Å². The SMILES string of the molecule is Cc1ccc(CC(C)Nc2ccnc3ccccc23)s1. The van der Waals surface area contributed by atoms with Crippen LogP contribution in [0.4, 0.5) is 5.69 Å². The normalized spacial score (nSPS) is 12.5. The minimum atomic E-state index is 0.402. The lowest BCUT2D eigenvalue weighted by atomic mass is 10.1. The summed E-state index contributed by atoms with van der Waals surface area (Å²) in [5.41, 5.74) is 2.20. The second kappa shape index (κ2) is 5.63. The Balaban J connectivity index is 1.79. The van der Waals surface area contributed by atoms with E-state index in [0.29, 0.717) is 6.04 Å². The zero-order valence-corrected chi connectivity index (χ0v) is 12.6. The summed E-state index contributed by atoms with van der Waals surface area (Å²) in [5, 5.41) is 4.79. The molecule has 0 saturated carbocycles. The molecule has 0 aliphatic carbocycles. The highest BCUT2D eigenvalue weighted by atomic mass is 32.1. The van der Waals surface area contributed by atoms with Gasteiger partial charge in [-0.25, -0.2) is 0 Å². The molecule has 0 radical (unpaired) electrons. The van der Waals surface area contributed by atoms with Crippen LogP contribution in [-0.4, -0.2) is 11.0 Å². The first-order valence-electron chi connectivity index (χ1n) is 6.88. The van der Waals surface area contributed by atoms with Crippen LogP contribution in [0.25, 0.3) is 10.9 Å². The third-order valence-electron chi connectivity index (χ3n) is 3.35. The fourth-order valence-electron chi connectivity index (χ4n) is 2.43. The number of thiophene rings is 1. The van der Waals surface area contributed by atoms with Crippen LogP contribution in [0.2, 0.25) is 0 Å². The van der Waals surface area contributed by atoms with Gasteiger partial charge in [0, 0.05) is 39.5 Å². The molecule has 20 heavy (non-hydrogen) atoms. The van der Waals surface area contributed by atoms with E-state index in [4.69, 9.17) is 0 Å². The van der Waals surface area contributed by atoms with Crippen LogP contribution in [0.1, 0.15) is 16.7 Å². The molecule has 3 aromatic rings. The van der Waals surface area contributed by atoms with Gasteiger partial charge in [0.05, 0.1) is 5.52 Å². The van der Waals surface area contributed by atoms with Gasteiger partial charge in [0.25, 0.3) is 0 Å². The third-order valence-corrected chi connectivity index (χ3v) is 4.38. The number of benzene rings is 1. The summed E-state index contributed by atoms with van der Waals surface area (Å²) < 4.78 is 0. The van der Waals surface area contributed by atoms with Crippen molar-refractivity contribution in [1.29, 1.82) is 0 Å². The number of fused-ring (bicyclic) bond motifs is 1. The van der Waals surface area contributed by atoms with E-state index in [-0.39, 0.29) is 0 Å². The summed E-state index contributed by atoms with van der Waals surface area (Å²) >= 11 is 1.88. The molecule has 0 aliphatic rings. The number of hydrogen-bond acceptors (Lipinski definition) is 3. The Morgan fingerprint density at radius 3 is 2.80 bits per heavy atom. The number of para-hydroxylation sites is 1. The Labute approximate surface area is 123 Å². The molecule has 1 unspecified atom stereocenters. The van der Waals surface area contributed by atoms with Gasteiger partial charge in [-0.15, -0.1) is 11.3 Å². The van der Waals surface area contributed by atoms with Crippen molar-refractivity contribution in [3.8, 4) is 0 Å². The van der Waals surface area contributed by atoms with Gasteiger partial charge in [-0.2, -0.15) is 0 Å². The van der Waals surface area contributed by atoms with Crippen LogP contribution in [0.15, 0.2) is 48.7 Å². The second-order valence-electron chi connectivity index (χ2n) is 5.14. The molecule has 0 fully saturated rings. The Morgan fingerprint density at radius 2 is 2.00 bits per heavy atom. The van der Waals surface area contributed by atoms with Crippen LogP contribution in [-0.2, 0) is 6.42 Å². The number of rotatable bonds is 4. The van der Waals surface area contributed by atoms with Gasteiger partial charge in [-0.3, -0.25) is 4.98 Å². The largest absolute Gasteiger partial charge is 0.382 e. The molecule has 2 heterocycles. The standard InChI is InChI=1S/C17H18N2S/c1-12(11-14-8-7-13(2)20-14)19-17-9-10-18-16-6-4-3-5-15(16)17/h3-10,12H,11H2,1-2H3,(H,18,19). The predicted molar refractivity (Wildman–Crippen MR) is 87.6 cm³/mol. The van der Waals surface area contributed by atoms with Gasteiger partial charge in [0.15, 0.2) is 0 Å². The number of aryl methyl sites for hydroxylation is 1. The summed E-state index contributed by atoms with van der Waals surface area (Å²) in [7, 11) is 0. The fraction of sp³-hybridized carbons (Fsp3) is 0.235. The molecule has 0 amide bonds. The highest BCUT2D eigenvalue weighted by Gasteiger charge is 2.07. The summed E-state index contributed by atoms with van der Waals surface area (Å²) in [4.78, 5) is 7.21. The number of hydrogen-bond donors (Lipinski definition) is 1. The molecule has 1 aromatic carbocycles. The van der Waals surface area contributed by atoms with Crippen LogP contribution < -0.4 is 5.32 Å². The van der Waals surface area contributed by atoms with Gasteiger partial charge in [-0.05, 0) is 38.1 Å². The number of anilines is 1. The quantitative estimate of drug-likeness (QED) is 0.753. The molecule has 3 rings (SSSR count). The van der Waals surface area contributed by atoms with Crippen molar-refractivity contribution in [2.45, 2.75) is 26.3 Å². The van der Waals surface area contributed by atoms with E-state index in [2.05, 4.69) is 54.5 Å². The average molecular weight is 282 g/mol. The van der Waals surface area contributed by atoms with Gasteiger partial charge in [-0.1, -0.05) is 18.2 Å². The van der Waals surface area contributed by atoms with Crippen molar-refractivity contribution < 1.29 is 0 Å². The summed E-state index contributed by atoms with van der Waals surface area (Å²) in [6.07, 6.45) is 2.92. The summed E-state index contributed by atoms with van der Waals surface area (Å²) in [6, 6.07) is 15.1. The molecule has 1 atom stereocenters.